The first-order chi connectivity index (χ1) is 9.06. The molecule has 2 amide bonds. The fourth-order valence-corrected chi connectivity index (χ4v) is 1.59. The van der Waals surface area contributed by atoms with Gasteiger partial charge in [0.2, 0.25) is 11.8 Å². The molecule has 0 bridgehead atoms. The molecule has 98 valence electrons. The van der Waals surface area contributed by atoms with Gasteiger partial charge in [-0.3, -0.25) is 9.59 Å². The maximum Gasteiger partial charge on any atom is 0.248 e. The van der Waals surface area contributed by atoms with Gasteiger partial charge in [0.05, 0.1) is 6.54 Å². The summed E-state index contributed by atoms with van der Waals surface area (Å²) in [6, 6.07) is 4.47. The van der Waals surface area contributed by atoms with Crippen LogP contribution in [-0.2, 0) is 6.54 Å². The zero-order chi connectivity index (χ0) is 13.8. The number of primary amides is 2. The highest BCUT2D eigenvalue weighted by Gasteiger charge is 2.09. The van der Waals surface area contributed by atoms with Crippen LogP contribution in [-0.4, -0.2) is 21.8 Å². The minimum atomic E-state index is -0.621. The van der Waals surface area contributed by atoms with Crippen LogP contribution < -0.4 is 16.8 Å². The van der Waals surface area contributed by atoms with E-state index in [4.69, 9.17) is 11.5 Å². The highest BCUT2D eigenvalue weighted by atomic mass is 16.1. The van der Waals surface area contributed by atoms with Crippen LogP contribution in [0.25, 0.3) is 0 Å². The average Bonchev–Trinajstić information content (AvgIpc) is 2.89. The molecule has 0 aliphatic heterocycles. The molecule has 0 saturated carbocycles. The van der Waals surface area contributed by atoms with Crippen LogP contribution in [0.4, 0.5) is 5.69 Å². The Balaban J connectivity index is 2.23. The van der Waals surface area contributed by atoms with Crippen molar-refractivity contribution in [1.29, 1.82) is 0 Å². The summed E-state index contributed by atoms with van der Waals surface area (Å²) >= 11 is 0. The summed E-state index contributed by atoms with van der Waals surface area (Å²) < 4.78 is 0. The van der Waals surface area contributed by atoms with E-state index in [1.54, 1.807) is 24.5 Å². The van der Waals surface area contributed by atoms with Crippen LogP contribution in [0.15, 0.2) is 30.6 Å². The van der Waals surface area contributed by atoms with Crippen LogP contribution in [0.5, 0.6) is 0 Å². The van der Waals surface area contributed by atoms with Crippen LogP contribution in [0.1, 0.15) is 26.5 Å². The van der Waals surface area contributed by atoms with Crippen molar-refractivity contribution in [2.75, 3.05) is 5.32 Å². The molecule has 1 aromatic heterocycles. The topological polar surface area (TPSA) is 127 Å². The Bertz CT molecular complexity index is 574. The van der Waals surface area contributed by atoms with Gasteiger partial charge in [-0.15, -0.1) is 0 Å². The number of rotatable bonds is 5. The second-order valence-corrected chi connectivity index (χ2v) is 3.92. The Labute approximate surface area is 109 Å². The number of nitrogens with zero attached hydrogens (tertiary/aromatic N) is 1. The van der Waals surface area contributed by atoms with E-state index in [-0.39, 0.29) is 11.1 Å². The average molecular weight is 259 g/mol. The Hall–Kier alpha value is -2.83. The Morgan fingerprint density at radius 2 is 1.79 bits per heavy atom. The number of amides is 2. The van der Waals surface area contributed by atoms with Crippen molar-refractivity contribution in [1.82, 2.24) is 9.97 Å². The number of carbonyl (C=O) groups is 2. The van der Waals surface area contributed by atoms with E-state index < -0.39 is 11.8 Å². The molecule has 0 radical (unpaired) electrons. The molecule has 0 atom stereocenters. The molecule has 7 nitrogen and oxygen atoms in total. The fourth-order valence-electron chi connectivity index (χ4n) is 1.59. The van der Waals surface area contributed by atoms with Crippen molar-refractivity contribution in [3.63, 3.8) is 0 Å². The molecule has 7 heteroatoms. The summed E-state index contributed by atoms with van der Waals surface area (Å²) in [4.78, 5) is 29.3. The first-order valence-electron chi connectivity index (χ1n) is 5.53. The predicted molar refractivity (Wildman–Crippen MR) is 69.4 cm³/mol. The molecule has 19 heavy (non-hydrogen) atoms. The summed E-state index contributed by atoms with van der Waals surface area (Å²) in [6.07, 6.45) is 3.33. The van der Waals surface area contributed by atoms with Gasteiger partial charge >= 0.3 is 0 Å². The number of nitrogens with two attached hydrogens (primary N) is 2. The van der Waals surface area contributed by atoms with Gasteiger partial charge in [-0.05, 0) is 18.2 Å². The van der Waals surface area contributed by atoms with E-state index in [1.807, 2.05) is 0 Å². The van der Waals surface area contributed by atoms with E-state index in [1.165, 1.54) is 6.07 Å². The number of H-pyrrole nitrogens is 1. The van der Waals surface area contributed by atoms with Crippen molar-refractivity contribution < 1.29 is 9.59 Å². The van der Waals surface area contributed by atoms with Crippen LogP contribution in [0.2, 0.25) is 0 Å². The van der Waals surface area contributed by atoms with Gasteiger partial charge in [-0.25, -0.2) is 4.98 Å². The number of aromatic nitrogens is 2. The summed E-state index contributed by atoms with van der Waals surface area (Å²) in [6.45, 7) is 0.424. The minimum Gasteiger partial charge on any atom is -0.378 e. The van der Waals surface area contributed by atoms with Crippen LogP contribution >= 0.6 is 0 Å². The van der Waals surface area contributed by atoms with E-state index >= 15 is 0 Å². The van der Waals surface area contributed by atoms with Crippen molar-refractivity contribution in [2.24, 2.45) is 11.5 Å². The molecule has 0 aliphatic carbocycles. The Kier molecular flexibility index (Phi) is 3.46. The fraction of sp³-hybridized carbons (Fsp3) is 0.0833. The van der Waals surface area contributed by atoms with E-state index in [9.17, 15) is 9.59 Å². The molecule has 0 spiro atoms. The third-order valence-electron chi connectivity index (χ3n) is 2.52. The monoisotopic (exact) mass is 259 g/mol. The maximum atomic E-state index is 11.2. The largest absolute Gasteiger partial charge is 0.378 e. The number of benzene rings is 1. The van der Waals surface area contributed by atoms with Gasteiger partial charge in [0, 0.05) is 29.2 Å². The molecular weight excluding hydrogens is 246 g/mol. The van der Waals surface area contributed by atoms with E-state index in [0.717, 1.165) is 5.82 Å². The van der Waals surface area contributed by atoms with E-state index in [2.05, 4.69) is 15.3 Å². The van der Waals surface area contributed by atoms with Gasteiger partial charge in [0.15, 0.2) is 0 Å². The minimum absolute atomic E-state index is 0.221. The lowest BCUT2D eigenvalue weighted by Crippen LogP contribution is -2.16. The van der Waals surface area contributed by atoms with Gasteiger partial charge < -0.3 is 21.8 Å². The Morgan fingerprint density at radius 1 is 1.16 bits per heavy atom. The number of nitrogens with one attached hydrogen (secondary N) is 2. The van der Waals surface area contributed by atoms with Crippen molar-refractivity contribution >= 4 is 17.5 Å². The predicted octanol–water partition coefficient (Wildman–Crippen LogP) is 0.220. The second-order valence-electron chi connectivity index (χ2n) is 3.92. The first-order valence-corrected chi connectivity index (χ1v) is 5.53. The van der Waals surface area contributed by atoms with E-state index in [0.29, 0.717) is 12.2 Å². The molecule has 0 aliphatic rings. The molecule has 6 N–H and O–H groups in total. The summed E-state index contributed by atoms with van der Waals surface area (Å²) in [5.74, 6) is -0.515. The molecule has 0 saturated heterocycles. The summed E-state index contributed by atoms with van der Waals surface area (Å²) in [7, 11) is 0. The highest BCUT2D eigenvalue weighted by molar-refractivity contribution is 5.99. The van der Waals surface area contributed by atoms with Crippen molar-refractivity contribution in [3.05, 3.63) is 47.5 Å². The maximum absolute atomic E-state index is 11.2. The molecular formula is C12H13N5O2. The number of imidazole rings is 1. The molecule has 1 heterocycles. The summed E-state index contributed by atoms with van der Waals surface area (Å²) in [5, 5.41) is 3.03. The van der Waals surface area contributed by atoms with Gasteiger partial charge in [-0.2, -0.15) is 0 Å². The lowest BCUT2D eigenvalue weighted by Gasteiger charge is -2.08. The van der Waals surface area contributed by atoms with Crippen molar-refractivity contribution in [3.8, 4) is 0 Å². The second kappa shape index (κ2) is 5.21. The SMILES string of the molecule is NC(=O)c1cc(NCc2ncc[nH]2)cc(C(N)=O)c1. The number of hydrogen-bond acceptors (Lipinski definition) is 4. The smallest absolute Gasteiger partial charge is 0.248 e. The number of aromatic amines is 1. The summed E-state index contributed by atoms with van der Waals surface area (Å²) in [5.41, 5.74) is 11.4. The van der Waals surface area contributed by atoms with Crippen LogP contribution in [0.3, 0.4) is 0 Å². The third-order valence-corrected chi connectivity index (χ3v) is 2.52. The lowest BCUT2D eigenvalue weighted by atomic mass is 10.1. The number of carbonyl (C=O) groups excluding carboxylic acids is 2. The number of hydrogen-bond donors (Lipinski definition) is 4. The first kappa shape index (κ1) is 12.6. The van der Waals surface area contributed by atoms with Crippen LogP contribution in [0, 0.1) is 0 Å². The zero-order valence-corrected chi connectivity index (χ0v) is 10.0. The van der Waals surface area contributed by atoms with Gasteiger partial charge in [0.25, 0.3) is 0 Å². The lowest BCUT2D eigenvalue weighted by molar-refractivity contribution is 0.0999. The highest BCUT2D eigenvalue weighted by Crippen LogP contribution is 2.15. The number of anilines is 1. The standard InChI is InChI=1S/C12H13N5O2/c13-11(18)7-3-8(12(14)19)5-9(4-7)17-6-10-15-1-2-16-10/h1-5,17H,6H2,(H2,13,18)(H2,14,19)(H,15,16). The van der Waals surface area contributed by atoms with Crippen molar-refractivity contribution in [2.45, 2.75) is 6.54 Å². The molecule has 2 rings (SSSR count). The Morgan fingerprint density at radius 3 is 2.26 bits per heavy atom. The zero-order valence-electron chi connectivity index (χ0n) is 10.0. The normalized spacial score (nSPS) is 10.1. The molecule has 0 unspecified atom stereocenters. The quantitative estimate of drug-likeness (QED) is 0.612. The van der Waals surface area contributed by atoms with Gasteiger partial charge in [-0.1, -0.05) is 0 Å². The van der Waals surface area contributed by atoms with Gasteiger partial charge in [0.1, 0.15) is 5.82 Å². The molecule has 0 fully saturated rings. The molecule has 2 aromatic rings. The third kappa shape index (κ3) is 3.09. The molecule has 1 aromatic carbocycles.